The van der Waals surface area contributed by atoms with E-state index in [0.29, 0.717) is 0 Å². The van der Waals surface area contributed by atoms with Gasteiger partial charge in [0, 0.05) is 13.1 Å². The molecule has 0 spiro atoms. The molecule has 0 amide bonds. The van der Waals surface area contributed by atoms with Gasteiger partial charge >= 0.3 is 0 Å². The van der Waals surface area contributed by atoms with Crippen LogP contribution in [0.25, 0.3) is 0 Å². The molecule has 3 heteroatoms. The van der Waals surface area contributed by atoms with E-state index < -0.39 is 0 Å². The van der Waals surface area contributed by atoms with E-state index in [1.807, 2.05) is 24.3 Å². The molecule has 1 aliphatic heterocycles. The Balaban J connectivity index is 2.19. The predicted octanol–water partition coefficient (Wildman–Crippen LogP) is 2.86. The molecule has 86 valence electrons. The standard InChI is InChI=1S/C13H17NOS/c1-15-12-8-4-3-7-11(12)13(16)14-9-5-2-6-10-14/h3-4,7-8H,2,5-6,9-10H2,1H3. The van der Waals surface area contributed by atoms with Crippen molar-refractivity contribution in [2.24, 2.45) is 0 Å². The minimum absolute atomic E-state index is 0.873. The van der Waals surface area contributed by atoms with Crippen LogP contribution in [0.5, 0.6) is 5.75 Å². The van der Waals surface area contributed by atoms with Crippen LogP contribution in [-0.2, 0) is 0 Å². The van der Waals surface area contributed by atoms with Crippen molar-refractivity contribution in [2.45, 2.75) is 19.3 Å². The van der Waals surface area contributed by atoms with Crippen molar-refractivity contribution < 1.29 is 4.74 Å². The Morgan fingerprint density at radius 2 is 1.88 bits per heavy atom. The second kappa shape index (κ2) is 5.30. The molecular weight excluding hydrogens is 218 g/mol. The van der Waals surface area contributed by atoms with Crippen LogP contribution < -0.4 is 4.74 Å². The van der Waals surface area contributed by atoms with Gasteiger partial charge in [-0.2, -0.15) is 0 Å². The molecule has 0 radical (unpaired) electrons. The average Bonchev–Trinajstić information content (AvgIpc) is 2.39. The van der Waals surface area contributed by atoms with Gasteiger partial charge in [0.1, 0.15) is 10.7 Å². The lowest BCUT2D eigenvalue weighted by atomic mass is 10.1. The normalized spacial score (nSPS) is 15.9. The third-order valence-corrected chi connectivity index (χ3v) is 3.46. The van der Waals surface area contributed by atoms with Gasteiger partial charge in [-0.15, -0.1) is 0 Å². The van der Waals surface area contributed by atoms with Crippen LogP contribution >= 0.6 is 12.2 Å². The Labute approximate surface area is 102 Å². The van der Waals surface area contributed by atoms with Crippen LogP contribution in [0, 0.1) is 0 Å². The second-order valence-corrected chi connectivity index (χ2v) is 4.44. The summed E-state index contributed by atoms with van der Waals surface area (Å²) in [6.07, 6.45) is 3.82. The van der Waals surface area contributed by atoms with Crippen LogP contribution in [0.3, 0.4) is 0 Å². The van der Waals surface area contributed by atoms with Crippen LogP contribution in [0.4, 0.5) is 0 Å². The molecule has 0 saturated carbocycles. The first-order chi connectivity index (χ1) is 7.83. The summed E-state index contributed by atoms with van der Waals surface area (Å²) >= 11 is 5.54. The average molecular weight is 235 g/mol. The summed E-state index contributed by atoms with van der Waals surface area (Å²) < 4.78 is 5.34. The summed E-state index contributed by atoms with van der Waals surface area (Å²) in [4.78, 5) is 3.22. The lowest BCUT2D eigenvalue weighted by Crippen LogP contribution is -2.35. The van der Waals surface area contributed by atoms with E-state index in [1.165, 1.54) is 19.3 Å². The topological polar surface area (TPSA) is 12.5 Å². The smallest absolute Gasteiger partial charge is 0.129 e. The first-order valence-corrected chi connectivity index (χ1v) is 6.16. The minimum Gasteiger partial charge on any atom is -0.496 e. The summed E-state index contributed by atoms with van der Waals surface area (Å²) in [5.41, 5.74) is 1.04. The van der Waals surface area contributed by atoms with Crippen molar-refractivity contribution in [1.82, 2.24) is 4.90 Å². The molecule has 0 bridgehead atoms. The van der Waals surface area contributed by atoms with E-state index in [4.69, 9.17) is 17.0 Å². The van der Waals surface area contributed by atoms with Gasteiger partial charge in [0.2, 0.25) is 0 Å². The molecule has 0 aromatic heterocycles. The van der Waals surface area contributed by atoms with Crippen LogP contribution in [-0.4, -0.2) is 30.1 Å². The highest BCUT2D eigenvalue weighted by atomic mass is 32.1. The maximum Gasteiger partial charge on any atom is 0.129 e. The predicted molar refractivity (Wildman–Crippen MR) is 70.1 cm³/mol. The van der Waals surface area contributed by atoms with Crippen molar-refractivity contribution in [3.05, 3.63) is 29.8 Å². The number of likely N-dealkylation sites (tertiary alicyclic amines) is 1. The first-order valence-electron chi connectivity index (χ1n) is 5.75. The molecule has 1 aromatic rings. The summed E-state index contributed by atoms with van der Waals surface area (Å²) in [5.74, 6) is 0.873. The molecule has 2 rings (SSSR count). The van der Waals surface area contributed by atoms with Crippen molar-refractivity contribution >= 4 is 17.2 Å². The fourth-order valence-corrected chi connectivity index (χ4v) is 2.44. The maximum atomic E-state index is 5.54. The monoisotopic (exact) mass is 235 g/mol. The van der Waals surface area contributed by atoms with Crippen molar-refractivity contribution in [3.63, 3.8) is 0 Å². The molecule has 1 fully saturated rings. The van der Waals surface area contributed by atoms with Crippen molar-refractivity contribution in [3.8, 4) is 5.75 Å². The zero-order valence-electron chi connectivity index (χ0n) is 9.61. The Morgan fingerprint density at radius 1 is 1.19 bits per heavy atom. The largest absolute Gasteiger partial charge is 0.496 e. The van der Waals surface area contributed by atoms with Gasteiger partial charge in [0.05, 0.1) is 12.7 Å². The fraction of sp³-hybridized carbons (Fsp3) is 0.462. The number of thiocarbonyl (C=S) groups is 1. The number of ether oxygens (including phenoxy) is 1. The van der Waals surface area contributed by atoms with Gasteiger partial charge in [0.15, 0.2) is 0 Å². The molecule has 1 aromatic carbocycles. The highest BCUT2D eigenvalue weighted by Crippen LogP contribution is 2.22. The molecule has 1 saturated heterocycles. The van der Waals surface area contributed by atoms with Crippen LogP contribution in [0.1, 0.15) is 24.8 Å². The third kappa shape index (κ3) is 2.35. The molecule has 16 heavy (non-hydrogen) atoms. The lowest BCUT2D eigenvalue weighted by Gasteiger charge is -2.29. The highest BCUT2D eigenvalue weighted by Gasteiger charge is 2.17. The summed E-state index contributed by atoms with van der Waals surface area (Å²) in [6.45, 7) is 2.16. The van der Waals surface area contributed by atoms with E-state index in [2.05, 4.69) is 4.90 Å². The van der Waals surface area contributed by atoms with E-state index in [1.54, 1.807) is 7.11 Å². The van der Waals surface area contributed by atoms with E-state index in [0.717, 1.165) is 29.4 Å². The number of para-hydroxylation sites is 1. The van der Waals surface area contributed by atoms with E-state index >= 15 is 0 Å². The first kappa shape index (κ1) is 11.4. The number of benzene rings is 1. The SMILES string of the molecule is COc1ccccc1C(=S)N1CCCCC1. The number of hydrogen-bond donors (Lipinski definition) is 0. The third-order valence-electron chi connectivity index (χ3n) is 2.98. The van der Waals surface area contributed by atoms with Gasteiger partial charge in [0.25, 0.3) is 0 Å². The minimum atomic E-state index is 0.873. The fourth-order valence-electron chi connectivity index (χ4n) is 2.09. The van der Waals surface area contributed by atoms with E-state index in [-0.39, 0.29) is 0 Å². The second-order valence-electron chi connectivity index (χ2n) is 4.05. The Morgan fingerprint density at radius 3 is 2.56 bits per heavy atom. The molecule has 2 nitrogen and oxygen atoms in total. The van der Waals surface area contributed by atoms with Crippen LogP contribution in [0.2, 0.25) is 0 Å². The molecular formula is C13H17NOS. The lowest BCUT2D eigenvalue weighted by molar-refractivity contribution is 0.346. The van der Waals surface area contributed by atoms with Gasteiger partial charge in [-0.05, 0) is 31.4 Å². The maximum absolute atomic E-state index is 5.54. The Hall–Kier alpha value is -1.09. The Kier molecular flexibility index (Phi) is 3.78. The Bertz CT molecular complexity index is 372. The van der Waals surface area contributed by atoms with Gasteiger partial charge < -0.3 is 9.64 Å². The zero-order valence-corrected chi connectivity index (χ0v) is 10.4. The number of piperidine rings is 1. The summed E-state index contributed by atoms with van der Waals surface area (Å²) in [6, 6.07) is 7.98. The summed E-state index contributed by atoms with van der Waals surface area (Å²) in [7, 11) is 1.69. The van der Waals surface area contributed by atoms with Gasteiger partial charge in [-0.25, -0.2) is 0 Å². The molecule has 0 unspecified atom stereocenters. The van der Waals surface area contributed by atoms with E-state index in [9.17, 15) is 0 Å². The highest BCUT2D eigenvalue weighted by molar-refractivity contribution is 7.80. The summed E-state index contributed by atoms with van der Waals surface area (Å²) in [5, 5.41) is 0. The van der Waals surface area contributed by atoms with Gasteiger partial charge in [-0.1, -0.05) is 24.4 Å². The number of hydrogen-bond acceptors (Lipinski definition) is 2. The molecule has 1 heterocycles. The molecule has 0 aliphatic carbocycles. The molecule has 0 N–H and O–H groups in total. The molecule has 0 atom stereocenters. The number of methoxy groups -OCH3 is 1. The van der Waals surface area contributed by atoms with Crippen LogP contribution in [0.15, 0.2) is 24.3 Å². The van der Waals surface area contributed by atoms with Crippen molar-refractivity contribution in [1.29, 1.82) is 0 Å². The number of nitrogens with zero attached hydrogens (tertiary/aromatic N) is 1. The van der Waals surface area contributed by atoms with Crippen molar-refractivity contribution in [2.75, 3.05) is 20.2 Å². The quantitative estimate of drug-likeness (QED) is 0.731. The zero-order chi connectivity index (χ0) is 11.4. The number of rotatable bonds is 2. The molecule has 1 aliphatic rings. The van der Waals surface area contributed by atoms with Gasteiger partial charge in [-0.3, -0.25) is 0 Å².